The lowest BCUT2D eigenvalue weighted by molar-refractivity contribution is -0.130. The smallest absolute Gasteiger partial charge is 0.327 e. The maximum absolute atomic E-state index is 13.0. The van der Waals surface area contributed by atoms with Crippen LogP contribution in [0, 0.1) is 0 Å². The highest BCUT2D eigenvalue weighted by molar-refractivity contribution is 6.21. The van der Waals surface area contributed by atoms with E-state index in [4.69, 9.17) is 16.3 Å². The van der Waals surface area contributed by atoms with Crippen molar-refractivity contribution in [2.75, 3.05) is 13.7 Å². The van der Waals surface area contributed by atoms with E-state index >= 15 is 0 Å². The summed E-state index contributed by atoms with van der Waals surface area (Å²) < 4.78 is 55.2. The van der Waals surface area contributed by atoms with Gasteiger partial charge in [0.15, 0.2) is 0 Å². The van der Waals surface area contributed by atoms with Crippen molar-refractivity contribution in [2.45, 2.75) is 24.1 Å². The van der Waals surface area contributed by atoms with Gasteiger partial charge in [0.25, 0.3) is 0 Å². The molecule has 1 aromatic rings. The maximum atomic E-state index is 13.0. The van der Waals surface area contributed by atoms with Crippen molar-refractivity contribution in [1.29, 1.82) is 0 Å². The number of alkyl halides is 5. The third-order valence-electron chi connectivity index (χ3n) is 2.50. The molecule has 1 aromatic carbocycles. The molecule has 0 bridgehead atoms. The van der Waals surface area contributed by atoms with Gasteiger partial charge in [-0.25, -0.2) is 8.78 Å². The first-order valence-electron chi connectivity index (χ1n) is 5.27. The summed E-state index contributed by atoms with van der Waals surface area (Å²) in [6, 6.07) is 5.81. The fourth-order valence-corrected chi connectivity index (χ4v) is 1.65. The van der Waals surface area contributed by atoms with Crippen LogP contribution >= 0.6 is 11.6 Å². The van der Waals surface area contributed by atoms with E-state index in [0.29, 0.717) is 13.0 Å². The molecule has 0 fully saturated rings. The van der Waals surface area contributed by atoms with E-state index in [1.807, 2.05) is 0 Å². The number of ether oxygens (including phenoxy) is 1. The molecule has 102 valence electrons. The van der Waals surface area contributed by atoms with E-state index in [9.17, 15) is 17.6 Å². The number of hydrogen-bond acceptors (Lipinski definition) is 1. The fraction of sp³-hybridized carbons (Fsp3) is 0.500. The Morgan fingerprint density at radius 1 is 1.22 bits per heavy atom. The predicted molar refractivity (Wildman–Crippen MR) is 61.6 cm³/mol. The van der Waals surface area contributed by atoms with Gasteiger partial charge in [0.2, 0.25) is 0 Å². The van der Waals surface area contributed by atoms with Crippen LogP contribution in [0.15, 0.2) is 24.3 Å². The van der Waals surface area contributed by atoms with Crippen LogP contribution in [0.25, 0.3) is 0 Å². The molecule has 18 heavy (non-hydrogen) atoms. The van der Waals surface area contributed by atoms with E-state index in [0.717, 1.165) is 5.56 Å². The molecule has 1 atom stereocenters. The summed E-state index contributed by atoms with van der Waals surface area (Å²) in [5, 5.41) is -2.03. The molecule has 0 saturated carbocycles. The molecule has 0 spiro atoms. The predicted octanol–water partition coefficient (Wildman–Crippen LogP) is 4.06. The van der Waals surface area contributed by atoms with E-state index in [-0.39, 0.29) is 5.56 Å². The highest BCUT2D eigenvalue weighted by atomic mass is 35.5. The van der Waals surface area contributed by atoms with Crippen LogP contribution in [-0.4, -0.2) is 26.1 Å². The van der Waals surface area contributed by atoms with E-state index in [2.05, 4.69) is 0 Å². The second kappa shape index (κ2) is 6.38. The van der Waals surface area contributed by atoms with Gasteiger partial charge in [0, 0.05) is 7.11 Å². The SMILES string of the molecule is COCCc1ccc(C(Cl)C(F)(F)C(F)F)cc1. The van der Waals surface area contributed by atoms with Gasteiger partial charge < -0.3 is 4.74 Å². The third-order valence-corrected chi connectivity index (χ3v) is 3.04. The number of rotatable bonds is 6. The van der Waals surface area contributed by atoms with Crippen molar-refractivity contribution < 1.29 is 22.3 Å². The molecule has 0 saturated heterocycles. The molecular weight excluding hydrogens is 272 g/mol. The lowest BCUT2D eigenvalue weighted by Crippen LogP contribution is -2.31. The number of methoxy groups -OCH3 is 1. The molecule has 6 heteroatoms. The van der Waals surface area contributed by atoms with Crippen molar-refractivity contribution in [3.05, 3.63) is 35.4 Å². The highest BCUT2D eigenvalue weighted by Crippen LogP contribution is 2.41. The summed E-state index contributed by atoms with van der Waals surface area (Å²) >= 11 is 5.39. The van der Waals surface area contributed by atoms with Gasteiger partial charge in [-0.3, -0.25) is 0 Å². The zero-order valence-electron chi connectivity index (χ0n) is 9.68. The number of benzene rings is 1. The standard InChI is InChI=1S/C12H13ClF4O/c1-18-7-6-8-2-4-9(5-3-8)10(13)12(16,17)11(14)15/h2-5,10-11H,6-7H2,1H3. The molecule has 0 heterocycles. The zero-order valence-corrected chi connectivity index (χ0v) is 10.4. The normalized spacial score (nSPS) is 13.9. The minimum atomic E-state index is -4.24. The molecule has 0 radical (unpaired) electrons. The Labute approximate surface area is 108 Å². The Morgan fingerprint density at radius 3 is 2.22 bits per heavy atom. The fourth-order valence-electron chi connectivity index (χ4n) is 1.41. The van der Waals surface area contributed by atoms with Crippen LogP contribution in [0.2, 0.25) is 0 Å². The average Bonchev–Trinajstić information content (AvgIpc) is 2.35. The van der Waals surface area contributed by atoms with Crippen molar-refractivity contribution in [1.82, 2.24) is 0 Å². The van der Waals surface area contributed by atoms with Crippen LogP contribution < -0.4 is 0 Å². The Bertz CT molecular complexity index is 367. The summed E-state index contributed by atoms with van der Waals surface area (Å²) in [5.74, 6) is -4.24. The van der Waals surface area contributed by atoms with Gasteiger partial charge in [-0.2, -0.15) is 8.78 Å². The van der Waals surface area contributed by atoms with Gasteiger partial charge in [0.05, 0.1) is 6.61 Å². The van der Waals surface area contributed by atoms with E-state index in [1.54, 1.807) is 19.2 Å². The molecule has 0 aliphatic carbocycles. The van der Waals surface area contributed by atoms with Gasteiger partial charge in [0.1, 0.15) is 5.38 Å². The lowest BCUT2D eigenvalue weighted by Gasteiger charge is -2.21. The van der Waals surface area contributed by atoms with Crippen molar-refractivity contribution in [3.63, 3.8) is 0 Å². The summed E-state index contributed by atoms with van der Waals surface area (Å²) in [4.78, 5) is 0. The summed E-state index contributed by atoms with van der Waals surface area (Å²) in [6.07, 6.45) is -3.16. The monoisotopic (exact) mass is 284 g/mol. The van der Waals surface area contributed by atoms with Crippen LogP contribution in [0.1, 0.15) is 16.5 Å². The Hall–Kier alpha value is -0.810. The lowest BCUT2D eigenvalue weighted by atomic mass is 10.0. The molecule has 1 nitrogen and oxygen atoms in total. The van der Waals surface area contributed by atoms with Crippen molar-refractivity contribution in [3.8, 4) is 0 Å². The minimum Gasteiger partial charge on any atom is -0.384 e. The first-order valence-corrected chi connectivity index (χ1v) is 5.71. The molecule has 1 rings (SSSR count). The third kappa shape index (κ3) is 3.59. The van der Waals surface area contributed by atoms with Gasteiger partial charge in [-0.15, -0.1) is 11.6 Å². The van der Waals surface area contributed by atoms with Crippen molar-refractivity contribution >= 4 is 11.6 Å². The molecule has 0 aliphatic rings. The van der Waals surface area contributed by atoms with Gasteiger partial charge in [-0.05, 0) is 17.5 Å². The first kappa shape index (κ1) is 15.2. The Morgan fingerprint density at radius 2 is 1.78 bits per heavy atom. The van der Waals surface area contributed by atoms with E-state index < -0.39 is 17.7 Å². The number of hydrogen-bond donors (Lipinski definition) is 0. The highest BCUT2D eigenvalue weighted by Gasteiger charge is 2.48. The van der Waals surface area contributed by atoms with Gasteiger partial charge in [-0.1, -0.05) is 24.3 Å². The quantitative estimate of drug-likeness (QED) is 0.565. The van der Waals surface area contributed by atoms with Crippen molar-refractivity contribution in [2.24, 2.45) is 0 Å². The molecule has 1 unspecified atom stereocenters. The summed E-state index contributed by atoms with van der Waals surface area (Å²) in [7, 11) is 1.55. The molecule has 0 aliphatic heterocycles. The average molecular weight is 285 g/mol. The first-order chi connectivity index (χ1) is 8.39. The number of halogens is 5. The Kier molecular flexibility index (Phi) is 5.41. The largest absolute Gasteiger partial charge is 0.384 e. The molecule has 0 amide bonds. The second-order valence-electron chi connectivity index (χ2n) is 3.82. The van der Waals surface area contributed by atoms with Crippen LogP contribution in [0.3, 0.4) is 0 Å². The van der Waals surface area contributed by atoms with Crippen LogP contribution in [0.4, 0.5) is 17.6 Å². The zero-order chi connectivity index (χ0) is 13.8. The minimum absolute atomic E-state index is 0.0249. The second-order valence-corrected chi connectivity index (χ2v) is 4.26. The van der Waals surface area contributed by atoms with Gasteiger partial charge >= 0.3 is 12.3 Å². The summed E-state index contributed by atoms with van der Waals surface area (Å²) in [6.45, 7) is 0.497. The maximum Gasteiger partial charge on any atom is 0.327 e. The summed E-state index contributed by atoms with van der Waals surface area (Å²) in [5.41, 5.74) is 0.841. The van der Waals surface area contributed by atoms with Crippen LogP contribution in [-0.2, 0) is 11.2 Å². The van der Waals surface area contributed by atoms with Crippen LogP contribution in [0.5, 0.6) is 0 Å². The molecular formula is C12H13ClF4O. The topological polar surface area (TPSA) is 9.23 Å². The molecule has 0 aromatic heterocycles. The van der Waals surface area contributed by atoms with E-state index in [1.165, 1.54) is 12.1 Å². The Balaban J connectivity index is 2.78. The molecule has 0 N–H and O–H groups in total.